The van der Waals surface area contributed by atoms with Crippen LogP contribution >= 0.6 is 0 Å². The van der Waals surface area contributed by atoms with Crippen LogP contribution in [0.25, 0.3) is 0 Å². The maximum Gasteiger partial charge on any atom is 0.322 e. The molecule has 0 aliphatic heterocycles. The zero-order valence-electron chi connectivity index (χ0n) is 10.3. The fraction of sp³-hybridized carbons (Fsp3) is 0.917. The topological polar surface area (TPSA) is 52.3 Å². The van der Waals surface area contributed by atoms with Crippen molar-refractivity contribution in [3.63, 3.8) is 0 Å². The van der Waals surface area contributed by atoms with E-state index in [1.165, 1.54) is 32.8 Å². The zero-order chi connectivity index (χ0) is 11.7. The van der Waals surface area contributed by atoms with E-state index in [0.29, 0.717) is 5.92 Å². The quantitative estimate of drug-likeness (QED) is 0.500. The second kappa shape index (κ2) is 8.72. The fourth-order valence-corrected chi connectivity index (χ4v) is 1.72. The third-order valence-corrected chi connectivity index (χ3v) is 2.71. The maximum absolute atomic E-state index is 11.1. The van der Waals surface area contributed by atoms with Gasteiger partial charge >= 0.3 is 5.97 Å². The second-order valence-corrected chi connectivity index (χ2v) is 4.32. The van der Waals surface area contributed by atoms with E-state index in [4.69, 9.17) is 5.73 Å². The lowest BCUT2D eigenvalue weighted by molar-refractivity contribution is -0.142. The Kier molecular flexibility index (Phi) is 8.38. The molecule has 0 heterocycles. The number of unbranched alkanes of at least 4 members (excludes halogenated alkanes) is 3. The van der Waals surface area contributed by atoms with E-state index in [9.17, 15) is 4.79 Å². The van der Waals surface area contributed by atoms with Crippen molar-refractivity contribution >= 4 is 5.97 Å². The van der Waals surface area contributed by atoms with Gasteiger partial charge in [0.1, 0.15) is 6.04 Å². The number of ether oxygens (including phenoxy) is 1. The van der Waals surface area contributed by atoms with Crippen LogP contribution in [0.1, 0.15) is 52.4 Å². The van der Waals surface area contributed by atoms with E-state index in [-0.39, 0.29) is 5.97 Å². The first-order chi connectivity index (χ1) is 7.11. The van der Waals surface area contributed by atoms with Gasteiger partial charge in [0.15, 0.2) is 0 Å². The highest BCUT2D eigenvalue weighted by molar-refractivity contribution is 5.75. The largest absolute Gasteiger partial charge is 0.468 e. The third kappa shape index (κ3) is 7.37. The van der Waals surface area contributed by atoms with Gasteiger partial charge in [0.05, 0.1) is 7.11 Å². The summed E-state index contributed by atoms with van der Waals surface area (Å²) in [6.07, 6.45) is 6.98. The first-order valence-corrected chi connectivity index (χ1v) is 5.95. The molecule has 3 nitrogen and oxygen atoms in total. The molecule has 0 bridgehead atoms. The normalized spacial score (nSPS) is 14.7. The lowest BCUT2D eigenvalue weighted by atomic mass is 9.96. The van der Waals surface area contributed by atoms with Crippen LogP contribution in [-0.2, 0) is 9.53 Å². The van der Waals surface area contributed by atoms with Crippen LogP contribution in [0.4, 0.5) is 0 Å². The molecule has 0 aromatic heterocycles. The third-order valence-electron chi connectivity index (χ3n) is 2.71. The lowest BCUT2D eigenvalue weighted by Gasteiger charge is -2.15. The molecule has 0 amide bonds. The number of nitrogens with two attached hydrogens (primary N) is 1. The van der Waals surface area contributed by atoms with E-state index >= 15 is 0 Å². The standard InChI is InChI=1S/C12H25NO2/c1-4-5-6-7-8-10(2)9-11(13)12(14)15-3/h10-11H,4-9,13H2,1-3H3. The minimum absolute atomic E-state index is 0.296. The van der Waals surface area contributed by atoms with Crippen molar-refractivity contribution in [2.75, 3.05) is 7.11 Å². The SMILES string of the molecule is CCCCCCC(C)CC(N)C(=O)OC. The van der Waals surface area contributed by atoms with Gasteiger partial charge < -0.3 is 10.5 Å². The Morgan fingerprint density at radius 2 is 2.00 bits per heavy atom. The van der Waals surface area contributed by atoms with Crippen molar-refractivity contribution in [3.05, 3.63) is 0 Å². The van der Waals surface area contributed by atoms with Crippen molar-refractivity contribution in [1.82, 2.24) is 0 Å². The maximum atomic E-state index is 11.1. The highest BCUT2D eigenvalue weighted by Gasteiger charge is 2.16. The number of hydrogen-bond donors (Lipinski definition) is 1. The Balaban J connectivity index is 3.55. The molecule has 0 aromatic rings. The minimum Gasteiger partial charge on any atom is -0.468 e. The van der Waals surface area contributed by atoms with Gasteiger partial charge in [0.2, 0.25) is 0 Å². The van der Waals surface area contributed by atoms with Crippen LogP contribution in [0.15, 0.2) is 0 Å². The summed E-state index contributed by atoms with van der Waals surface area (Å²) in [7, 11) is 1.38. The van der Waals surface area contributed by atoms with Crippen molar-refractivity contribution in [2.45, 2.75) is 58.4 Å². The molecule has 15 heavy (non-hydrogen) atoms. The molecular formula is C12H25NO2. The molecule has 3 heteroatoms. The Morgan fingerprint density at radius 1 is 1.33 bits per heavy atom. The number of esters is 1. The summed E-state index contributed by atoms with van der Waals surface area (Å²) in [5.41, 5.74) is 5.68. The average molecular weight is 215 g/mol. The first kappa shape index (κ1) is 14.4. The summed E-state index contributed by atoms with van der Waals surface area (Å²) in [6.45, 7) is 4.35. The second-order valence-electron chi connectivity index (χ2n) is 4.32. The summed E-state index contributed by atoms with van der Waals surface area (Å²) in [5.74, 6) is 0.214. The summed E-state index contributed by atoms with van der Waals surface area (Å²) >= 11 is 0. The van der Waals surface area contributed by atoms with Crippen molar-refractivity contribution in [1.29, 1.82) is 0 Å². The molecule has 2 unspecified atom stereocenters. The van der Waals surface area contributed by atoms with E-state index in [1.54, 1.807) is 0 Å². The van der Waals surface area contributed by atoms with Gasteiger partial charge in [0, 0.05) is 0 Å². The van der Waals surface area contributed by atoms with Gasteiger partial charge in [0.25, 0.3) is 0 Å². The smallest absolute Gasteiger partial charge is 0.322 e. The molecule has 0 fully saturated rings. The summed E-state index contributed by atoms with van der Waals surface area (Å²) < 4.78 is 4.59. The molecule has 2 N–H and O–H groups in total. The van der Waals surface area contributed by atoms with Gasteiger partial charge in [-0.3, -0.25) is 4.79 Å². The van der Waals surface area contributed by atoms with E-state index in [0.717, 1.165) is 12.8 Å². The number of methoxy groups -OCH3 is 1. The predicted octanol–water partition coefficient (Wildman–Crippen LogP) is 2.48. The Morgan fingerprint density at radius 3 is 2.53 bits per heavy atom. The molecule has 2 atom stereocenters. The Labute approximate surface area is 93.4 Å². The van der Waals surface area contributed by atoms with E-state index < -0.39 is 6.04 Å². The number of carbonyl (C=O) groups is 1. The van der Waals surface area contributed by atoms with Crippen molar-refractivity contribution in [3.8, 4) is 0 Å². The van der Waals surface area contributed by atoms with Crippen LogP contribution in [0.2, 0.25) is 0 Å². The molecule has 0 spiro atoms. The van der Waals surface area contributed by atoms with Crippen molar-refractivity contribution < 1.29 is 9.53 Å². The zero-order valence-corrected chi connectivity index (χ0v) is 10.3. The van der Waals surface area contributed by atoms with E-state index in [1.807, 2.05) is 0 Å². The molecule has 0 saturated carbocycles. The van der Waals surface area contributed by atoms with Gasteiger partial charge in [-0.05, 0) is 12.3 Å². The predicted molar refractivity (Wildman–Crippen MR) is 62.5 cm³/mol. The van der Waals surface area contributed by atoms with Crippen LogP contribution in [0, 0.1) is 5.92 Å². The Hall–Kier alpha value is -0.570. The summed E-state index contributed by atoms with van der Waals surface area (Å²) in [6, 6.07) is -0.448. The molecule has 0 radical (unpaired) electrons. The van der Waals surface area contributed by atoms with Crippen LogP contribution in [0.3, 0.4) is 0 Å². The summed E-state index contributed by atoms with van der Waals surface area (Å²) in [5, 5.41) is 0. The average Bonchev–Trinajstić information content (AvgIpc) is 2.23. The minimum atomic E-state index is -0.448. The fourth-order valence-electron chi connectivity index (χ4n) is 1.72. The van der Waals surface area contributed by atoms with Gasteiger partial charge in [-0.2, -0.15) is 0 Å². The van der Waals surface area contributed by atoms with Crippen LogP contribution in [-0.4, -0.2) is 19.1 Å². The monoisotopic (exact) mass is 215 g/mol. The molecule has 0 rings (SSSR count). The number of hydrogen-bond acceptors (Lipinski definition) is 3. The number of carbonyl (C=O) groups excluding carboxylic acids is 1. The molecule has 0 aliphatic rings. The van der Waals surface area contributed by atoms with Crippen LogP contribution in [0.5, 0.6) is 0 Å². The summed E-state index contributed by atoms with van der Waals surface area (Å²) in [4.78, 5) is 11.1. The van der Waals surface area contributed by atoms with Gasteiger partial charge in [-0.25, -0.2) is 0 Å². The molecule has 0 aliphatic carbocycles. The highest BCUT2D eigenvalue weighted by atomic mass is 16.5. The molecular weight excluding hydrogens is 190 g/mol. The van der Waals surface area contributed by atoms with Crippen molar-refractivity contribution in [2.24, 2.45) is 11.7 Å². The van der Waals surface area contributed by atoms with Gasteiger partial charge in [-0.15, -0.1) is 0 Å². The molecule has 0 saturated heterocycles. The molecule has 0 aromatic carbocycles. The van der Waals surface area contributed by atoms with E-state index in [2.05, 4.69) is 18.6 Å². The first-order valence-electron chi connectivity index (χ1n) is 5.95. The Bertz CT molecular complexity index is 171. The van der Waals surface area contributed by atoms with Crippen LogP contribution < -0.4 is 5.73 Å². The number of rotatable bonds is 8. The molecule has 90 valence electrons. The van der Waals surface area contributed by atoms with Gasteiger partial charge in [-0.1, -0.05) is 46.0 Å². The lowest BCUT2D eigenvalue weighted by Crippen LogP contribution is -2.33. The highest BCUT2D eigenvalue weighted by Crippen LogP contribution is 2.15.